The van der Waals surface area contributed by atoms with Gasteiger partial charge < -0.3 is 16.2 Å². The van der Waals surface area contributed by atoms with E-state index in [1.807, 2.05) is 18.2 Å². The molecule has 0 bridgehead atoms. The first-order valence-corrected chi connectivity index (χ1v) is 5.09. The number of amides is 1. The van der Waals surface area contributed by atoms with Gasteiger partial charge in [-0.25, -0.2) is 0 Å². The summed E-state index contributed by atoms with van der Waals surface area (Å²) in [4.78, 5) is 11.1. The molecule has 0 spiro atoms. The van der Waals surface area contributed by atoms with Gasteiger partial charge in [0.15, 0.2) is 5.75 Å². The van der Waals surface area contributed by atoms with E-state index in [-0.39, 0.29) is 11.3 Å². The summed E-state index contributed by atoms with van der Waals surface area (Å²) in [6, 6.07) is 14.1. The van der Waals surface area contributed by atoms with Gasteiger partial charge in [-0.1, -0.05) is 24.3 Å². The number of benzene rings is 2. The van der Waals surface area contributed by atoms with Crippen LogP contribution in [0.25, 0.3) is 0 Å². The molecule has 0 aliphatic heterocycles. The van der Waals surface area contributed by atoms with Crippen molar-refractivity contribution in [3.8, 4) is 11.5 Å². The number of anilines is 1. The second-order valence-electron chi connectivity index (χ2n) is 3.50. The molecule has 0 saturated heterocycles. The number of carbonyl (C=O) groups is 1. The zero-order valence-electron chi connectivity index (χ0n) is 9.09. The van der Waals surface area contributed by atoms with E-state index in [4.69, 9.17) is 16.2 Å². The van der Waals surface area contributed by atoms with Gasteiger partial charge in [-0.05, 0) is 24.3 Å². The van der Waals surface area contributed by atoms with Crippen LogP contribution < -0.4 is 16.2 Å². The van der Waals surface area contributed by atoms with Crippen LogP contribution in [-0.2, 0) is 0 Å². The third-order valence-electron chi connectivity index (χ3n) is 2.30. The maximum absolute atomic E-state index is 11.1. The summed E-state index contributed by atoms with van der Waals surface area (Å²) in [5.41, 5.74) is 11.5. The minimum absolute atomic E-state index is 0.254. The third-order valence-corrected chi connectivity index (χ3v) is 2.30. The lowest BCUT2D eigenvalue weighted by molar-refractivity contribution is 0.100. The van der Waals surface area contributed by atoms with Gasteiger partial charge in [0.25, 0.3) is 5.91 Å². The van der Waals surface area contributed by atoms with Crippen molar-refractivity contribution in [2.75, 3.05) is 5.73 Å². The fraction of sp³-hybridized carbons (Fsp3) is 0. The molecule has 0 radical (unpaired) electrons. The Kier molecular flexibility index (Phi) is 2.96. The number of primary amides is 1. The van der Waals surface area contributed by atoms with Crippen LogP contribution in [0, 0.1) is 0 Å². The van der Waals surface area contributed by atoms with E-state index in [1.54, 1.807) is 30.3 Å². The molecule has 2 rings (SSSR count). The van der Waals surface area contributed by atoms with Crippen LogP contribution >= 0.6 is 0 Å². The number of carbonyl (C=O) groups excluding carboxylic acids is 1. The Morgan fingerprint density at radius 3 is 2.35 bits per heavy atom. The second kappa shape index (κ2) is 4.57. The van der Waals surface area contributed by atoms with Gasteiger partial charge in [0, 0.05) is 0 Å². The van der Waals surface area contributed by atoms with Gasteiger partial charge in [0.1, 0.15) is 5.75 Å². The molecule has 0 atom stereocenters. The van der Waals surface area contributed by atoms with Crippen molar-refractivity contribution < 1.29 is 9.53 Å². The van der Waals surface area contributed by atoms with Gasteiger partial charge >= 0.3 is 0 Å². The monoisotopic (exact) mass is 228 g/mol. The molecule has 2 aromatic rings. The Morgan fingerprint density at radius 2 is 1.71 bits per heavy atom. The predicted molar refractivity (Wildman–Crippen MR) is 65.9 cm³/mol. The number of rotatable bonds is 3. The van der Waals surface area contributed by atoms with E-state index in [9.17, 15) is 4.79 Å². The number of nitrogen functional groups attached to an aromatic ring is 1. The normalized spacial score (nSPS) is 9.88. The maximum atomic E-state index is 11.1. The van der Waals surface area contributed by atoms with Crippen molar-refractivity contribution in [1.29, 1.82) is 0 Å². The first kappa shape index (κ1) is 11.0. The summed E-state index contributed by atoms with van der Waals surface area (Å²) in [5.74, 6) is 0.509. The van der Waals surface area contributed by atoms with Crippen molar-refractivity contribution >= 4 is 11.6 Å². The van der Waals surface area contributed by atoms with E-state index in [0.29, 0.717) is 11.5 Å². The fourth-order valence-electron chi connectivity index (χ4n) is 1.46. The number of para-hydroxylation sites is 2. The number of hydrogen-bond donors (Lipinski definition) is 2. The smallest absolute Gasteiger partial charge is 0.250 e. The van der Waals surface area contributed by atoms with Crippen molar-refractivity contribution in [1.82, 2.24) is 0 Å². The Bertz CT molecular complexity index is 538. The zero-order valence-corrected chi connectivity index (χ0v) is 9.09. The van der Waals surface area contributed by atoms with Crippen molar-refractivity contribution in [3.05, 3.63) is 54.1 Å². The lowest BCUT2D eigenvalue weighted by Gasteiger charge is -2.10. The molecule has 0 aromatic heterocycles. The van der Waals surface area contributed by atoms with Gasteiger partial charge in [-0.2, -0.15) is 0 Å². The molecule has 0 unspecified atom stereocenters. The van der Waals surface area contributed by atoms with E-state index in [2.05, 4.69) is 0 Å². The van der Waals surface area contributed by atoms with E-state index >= 15 is 0 Å². The molecule has 0 fully saturated rings. The van der Waals surface area contributed by atoms with Gasteiger partial charge in [0.2, 0.25) is 0 Å². The molecule has 0 heterocycles. The van der Waals surface area contributed by atoms with Crippen LogP contribution in [0.4, 0.5) is 5.69 Å². The molecule has 0 saturated carbocycles. The molecule has 0 aliphatic carbocycles. The van der Waals surface area contributed by atoms with Crippen molar-refractivity contribution in [2.45, 2.75) is 0 Å². The first-order chi connectivity index (χ1) is 8.18. The van der Waals surface area contributed by atoms with Crippen LogP contribution in [0.3, 0.4) is 0 Å². The summed E-state index contributed by atoms with van der Waals surface area (Å²) in [7, 11) is 0. The molecule has 1 amide bonds. The highest BCUT2D eigenvalue weighted by atomic mass is 16.5. The topological polar surface area (TPSA) is 78.3 Å². The van der Waals surface area contributed by atoms with Crippen LogP contribution in [0.2, 0.25) is 0 Å². The van der Waals surface area contributed by atoms with E-state index < -0.39 is 5.91 Å². The average Bonchev–Trinajstić information content (AvgIpc) is 2.33. The Balaban J connectivity index is 2.34. The Labute approximate surface area is 98.8 Å². The molecular formula is C13H12N2O2. The fourth-order valence-corrected chi connectivity index (χ4v) is 1.46. The molecule has 17 heavy (non-hydrogen) atoms. The first-order valence-electron chi connectivity index (χ1n) is 5.09. The summed E-state index contributed by atoms with van der Waals surface area (Å²) in [5, 5.41) is 0. The van der Waals surface area contributed by atoms with E-state index in [1.165, 1.54) is 0 Å². The average molecular weight is 228 g/mol. The molecule has 0 aliphatic rings. The third kappa shape index (κ3) is 2.36. The summed E-state index contributed by atoms with van der Waals surface area (Å²) in [6.45, 7) is 0. The molecule has 4 nitrogen and oxygen atoms in total. The summed E-state index contributed by atoms with van der Waals surface area (Å²) >= 11 is 0. The number of ether oxygens (including phenoxy) is 1. The lowest BCUT2D eigenvalue weighted by Crippen LogP contribution is -2.13. The highest BCUT2D eigenvalue weighted by Gasteiger charge is 2.10. The molecular weight excluding hydrogens is 216 g/mol. The summed E-state index contributed by atoms with van der Waals surface area (Å²) < 4.78 is 5.57. The standard InChI is InChI=1S/C13H12N2O2/c14-12-10(13(15)16)7-4-8-11(12)17-9-5-2-1-3-6-9/h1-8H,14H2,(H2,15,16). The predicted octanol–water partition coefficient (Wildman–Crippen LogP) is 2.16. The summed E-state index contributed by atoms with van der Waals surface area (Å²) in [6.07, 6.45) is 0. The van der Waals surface area contributed by atoms with Crippen molar-refractivity contribution in [3.63, 3.8) is 0 Å². The van der Waals surface area contributed by atoms with Crippen LogP contribution in [0.15, 0.2) is 48.5 Å². The molecule has 4 heteroatoms. The minimum atomic E-state index is -0.569. The number of nitrogens with two attached hydrogens (primary N) is 2. The lowest BCUT2D eigenvalue weighted by atomic mass is 10.1. The van der Waals surface area contributed by atoms with Crippen molar-refractivity contribution in [2.24, 2.45) is 5.73 Å². The zero-order chi connectivity index (χ0) is 12.3. The van der Waals surface area contributed by atoms with Crippen LogP contribution in [0.1, 0.15) is 10.4 Å². The van der Waals surface area contributed by atoms with E-state index in [0.717, 1.165) is 0 Å². The Hall–Kier alpha value is -2.49. The van der Waals surface area contributed by atoms with Gasteiger partial charge in [-0.3, -0.25) is 4.79 Å². The number of hydrogen-bond acceptors (Lipinski definition) is 3. The van der Waals surface area contributed by atoms with Gasteiger partial charge in [-0.15, -0.1) is 0 Å². The second-order valence-corrected chi connectivity index (χ2v) is 3.50. The maximum Gasteiger partial charge on any atom is 0.250 e. The SMILES string of the molecule is NC(=O)c1cccc(Oc2ccccc2)c1N. The Morgan fingerprint density at radius 1 is 1.00 bits per heavy atom. The molecule has 86 valence electrons. The quantitative estimate of drug-likeness (QED) is 0.790. The van der Waals surface area contributed by atoms with Gasteiger partial charge in [0.05, 0.1) is 11.3 Å². The largest absolute Gasteiger partial charge is 0.455 e. The molecule has 4 N–H and O–H groups in total. The highest BCUT2D eigenvalue weighted by Crippen LogP contribution is 2.29. The van der Waals surface area contributed by atoms with Crippen LogP contribution in [0.5, 0.6) is 11.5 Å². The van der Waals surface area contributed by atoms with Crippen LogP contribution in [-0.4, -0.2) is 5.91 Å². The highest BCUT2D eigenvalue weighted by molar-refractivity contribution is 5.99. The molecule has 2 aromatic carbocycles. The minimum Gasteiger partial charge on any atom is -0.455 e.